The number of hydrogen-bond acceptors (Lipinski definition) is 4. The van der Waals surface area contributed by atoms with E-state index in [2.05, 4.69) is 232 Å². The largest absolute Gasteiger partial charge is 0.456 e. The minimum Gasteiger partial charge on any atom is -0.456 e. The molecule has 0 N–H and O–H groups in total. The number of anilines is 6. The first-order valence-corrected chi connectivity index (χ1v) is 26.3. The first kappa shape index (κ1) is 45.0. The van der Waals surface area contributed by atoms with Crippen molar-refractivity contribution in [3.63, 3.8) is 0 Å². The lowest BCUT2D eigenvalue weighted by Crippen LogP contribution is -2.65. The summed E-state index contributed by atoms with van der Waals surface area (Å²) in [4.78, 5) is 8.29. The topological polar surface area (TPSA) is 22.9 Å². The lowest BCUT2D eigenvalue weighted by Gasteiger charge is -2.53. The van der Waals surface area contributed by atoms with Crippen molar-refractivity contribution in [1.82, 2.24) is 0 Å². The summed E-state index contributed by atoms with van der Waals surface area (Å²) in [6.07, 6.45) is 9.33. The van der Waals surface area contributed by atoms with Crippen molar-refractivity contribution in [2.45, 2.75) is 137 Å². The second kappa shape index (κ2) is 15.4. The van der Waals surface area contributed by atoms with E-state index >= 15 is 0 Å². The van der Waals surface area contributed by atoms with Crippen LogP contribution in [0.2, 0.25) is 0 Å². The molecule has 1 fully saturated rings. The third-order valence-corrected chi connectivity index (χ3v) is 18.3. The zero-order chi connectivity index (χ0) is 49.0. The summed E-state index contributed by atoms with van der Waals surface area (Å²) in [5.41, 5.74) is 22.9. The number of fused-ring (bicyclic) bond motifs is 11. The molecular formula is C65H70BN3O. The van der Waals surface area contributed by atoms with Gasteiger partial charge in [0.15, 0.2) is 0 Å². The minimum atomic E-state index is -0.137. The van der Waals surface area contributed by atoms with E-state index in [4.69, 9.17) is 4.42 Å². The minimum absolute atomic E-state index is 0.00944. The van der Waals surface area contributed by atoms with Gasteiger partial charge in [-0.3, -0.25) is 0 Å². The Hall–Kier alpha value is -6.20. The molecule has 5 aliphatic rings. The fraction of sp³-hybridized carbons (Fsp3) is 0.354. The van der Waals surface area contributed by atoms with E-state index in [0.717, 1.165) is 23.0 Å². The molecule has 0 saturated heterocycles. The molecule has 4 nitrogen and oxygen atoms in total. The van der Waals surface area contributed by atoms with Crippen LogP contribution in [0.15, 0.2) is 150 Å². The molecule has 1 saturated carbocycles. The molecule has 0 bridgehead atoms. The molecule has 0 amide bonds. The lowest BCUT2D eigenvalue weighted by atomic mass is 9.33. The Morgan fingerprint density at radius 3 is 2.10 bits per heavy atom. The number of furan rings is 1. The van der Waals surface area contributed by atoms with Gasteiger partial charge in [0, 0.05) is 50.9 Å². The molecule has 2 aliphatic carbocycles. The molecule has 7 aromatic rings. The van der Waals surface area contributed by atoms with Crippen LogP contribution in [0.5, 0.6) is 0 Å². The van der Waals surface area contributed by atoms with Crippen molar-refractivity contribution in [2.24, 2.45) is 11.8 Å². The van der Waals surface area contributed by atoms with Crippen LogP contribution in [0.4, 0.5) is 34.1 Å². The summed E-state index contributed by atoms with van der Waals surface area (Å²) in [5, 5.41) is 2.33. The highest BCUT2D eigenvalue weighted by Gasteiger charge is 2.62. The van der Waals surface area contributed by atoms with Gasteiger partial charge in [-0.2, -0.15) is 0 Å². The van der Waals surface area contributed by atoms with Gasteiger partial charge in [-0.05, 0) is 143 Å². The Bertz CT molecular complexity index is 3380. The SMILES string of the molecule is C=CC(C)[C@@H](C)[C@H](C)N(c1ccc(C(C)(C)C)cc1)c1cc2c3c(c1)N1c4c(cc(C(C)(C)C)cc4C4(C)CCCCC14C)B3c1ccc3oc4ccccc4c3c1N2C1=C(c2ccccc2)C=C1C. The maximum atomic E-state index is 6.86. The van der Waals surface area contributed by atoms with Gasteiger partial charge in [-0.25, -0.2) is 0 Å². The molecular weight excluding hydrogens is 850 g/mol. The third-order valence-electron chi connectivity index (χ3n) is 18.3. The van der Waals surface area contributed by atoms with E-state index in [1.54, 1.807) is 0 Å². The van der Waals surface area contributed by atoms with Crippen LogP contribution in [0.1, 0.15) is 131 Å². The standard InChI is InChI=1S/C65H70BN3O/c1-14-39(2)41(4)42(5)67(46-28-26-44(27-29-46)62(6,7)8)47-37-53-58-54(38-47)69-60-50(64(12)32-20-21-33-65(64,69)13)35-45(63(9,10)11)36-52(60)66(58)51-30-31-56-57(48-24-18-19-25-55(48)70-56)61(51)68(53)59-40(3)34-49(59)43-22-16-15-17-23-43/h14-19,22-31,34-39,41-42H,1,20-21,32-33H2,2-13H3/t39?,41-,42+,64?,65?/m1/s1. The van der Waals surface area contributed by atoms with Gasteiger partial charge in [0.1, 0.15) is 11.2 Å². The number of benzene rings is 6. The van der Waals surface area contributed by atoms with E-state index in [9.17, 15) is 0 Å². The molecule has 1 aromatic heterocycles. The molecule has 12 rings (SSSR count). The Morgan fingerprint density at radius 1 is 0.714 bits per heavy atom. The molecule has 70 heavy (non-hydrogen) atoms. The number of rotatable bonds is 8. The van der Waals surface area contributed by atoms with Crippen LogP contribution >= 0.6 is 0 Å². The molecule has 5 atom stereocenters. The van der Waals surface area contributed by atoms with E-state index in [0.29, 0.717) is 11.8 Å². The molecule has 0 spiro atoms. The van der Waals surface area contributed by atoms with Crippen molar-refractivity contribution in [3.8, 4) is 0 Å². The average molecular weight is 920 g/mol. The molecule has 3 aliphatic heterocycles. The van der Waals surface area contributed by atoms with Gasteiger partial charge < -0.3 is 19.1 Å². The Labute approximate surface area is 417 Å². The second-order valence-electron chi connectivity index (χ2n) is 24.3. The maximum absolute atomic E-state index is 6.86. The maximum Gasteiger partial charge on any atom is 0.252 e. The Kier molecular flexibility index (Phi) is 9.90. The third kappa shape index (κ3) is 6.21. The van der Waals surface area contributed by atoms with Gasteiger partial charge in [0.05, 0.1) is 22.3 Å². The lowest BCUT2D eigenvalue weighted by molar-refractivity contribution is 0.195. The predicted octanol–water partition coefficient (Wildman–Crippen LogP) is 15.6. The normalized spacial score (nSPS) is 21.4. The molecule has 5 heteroatoms. The Morgan fingerprint density at radius 2 is 1.40 bits per heavy atom. The summed E-state index contributed by atoms with van der Waals surface area (Å²) >= 11 is 0. The van der Waals surface area contributed by atoms with Crippen LogP contribution in [0.3, 0.4) is 0 Å². The zero-order valence-corrected chi connectivity index (χ0v) is 43.7. The first-order chi connectivity index (χ1) is 33.4. The average Bonchev–Trinajstić information content (AvgIpc) is 3.82. The highest BCUT2D eigenvalue weighted by molar-refractivity contribution is 7.00. The summed E-state index contributed by atoms with van der Waals surface area (Å²) < 4.78 is 6.86. The van der Waals surface area contributed by atoms with Gasteiger partial charge >= 0.3 is 0 Å². The van der Waals surface area contributed by atoms with Crippen molar-refractivity contribution in [1.29, 1.82) is 0 Å². The summed E-state index contributed by atoms with van der Waals surface area (Å²) in [6.45, 7) is 33.2. The van der Waals surface area contributed by atoms with Crippen molar-refractivity contribution in [2.75, 3.05) is 14.7 Å². The summed E-state index contributed by atoms with van der Waals surface area (Å²) in [6, 6.07) is 44.6. The summed E-state index contributed by atoms with van der Waals surface area (Å²) in [5.74, 6) is 0.623. The van der Waals surface area contributed by atoms with E-state index in [-0.39, 0.29) is 34.5 Å². The zero-order valence-electron chi connectivity index (χ0n) is 43.7. The van der Waals surface area contributed by atoms with Gasteiger partial charge in [-0.1, -0.05) is 160 Å². The van der Waals surface area contributed by atoms with Gasteiger partial charge in [-0.15, -0.1) is 6.58 Å². The number of allylic oxidation sites excluding steroid dienone is 4. The predicted molar refractivity (Wildman–Crippen MR) is 301 cm³/mol. The van der Waals surface area contributed by atoms with E-state index in [1.807, 2.05) is 0 Å². The van der Waals surface area contributed by atoms with Gasteiger partial charge in [0.25, 0.3) is 6.71 Å². The highest BCUT2D eigenvalue weighted by atomic mass is 16.3. The highest BCUT2D eigenvalue weighted by Crippen LogP contribution is 2.63. The van der Waals surface area contributed by atoms with E-state index < -0.39 is 0 Å². The fourth-order valence-electron chi connectivity index (χ4n) is 13.7. The monoisotopic (exact) mass is 920 g/mol. The summed E-state index contributed by atoms with van der Waals surface area (Å²) in [7, 11) is 0. The van der Waals surface area contributed by atoms with Crippen LogP contribution in [0, 0.1) is 11.8 Å². The van der Waals surface area contributed by atoms with Gasteiger partial charge in [0.2, 0.25) is 0 Å². The van der Waals surface area contributed by atoms with Crippen LogP contribution in [-0.2, 0) is 16.2 Å². The first-order valence-electron chi connectivity index (χ1n) is 26.3. The molecule has 3 unspecified atom stereocenters. The quantitative estimate of drug-likeness (QED) is 0.112. The second-order valence-corrected chi connectivity index (χ2v) is 24.3. The van der Waals surface area contributed by atoms with Crippen LogP contribution < -0.4 is 31.1 Å². The molecule has 6 aromatic carbocycles. The molecule has 4 heterocycles. The van der Waals surface area contributed by atoms with Crippen LogP contribution in [-0.4, -0.2) is 18.3 Å². The smallest absolute Gasteiger partial charge is 0.252 e. The number of para-hydroxylation sites is 1. The fourth-order valence-corrected chi connectivity index (χ4v) is 13.7. The van der Waals surface area contributed by atoms with E-state index in [1.165, 1.54) is 114 Å². The Balaban J connectivity index is 1.25. The van der Waals surface area contributed by atoms with Crippen LogP contribution in [0.25, 0.3) is 27.5 Å². The van der Waals surface area contributed by atoms with Crippen molar-refractivity contribution in [3.05, 3.63) is 168 Å². The number of hydrogen-bond donors (Lipinski definition) is 0. The molecule has 354 valence electrons. The molecule has 0 radical (unpaired) electrons. The number of nitrogens with zero attached hydrogens (tertiary/aromatic N) is 3. The van der Waals surface area contributed by atoms with Crippen molar-refractivity contribution >= 4 is 84.7 Å². The van der Waals surface area contributed by atoms with Crippen molar-refractivity contribution < 1.29 is 4.42 Å².